The maximum atomic E-state index is 12.5. The molecule has 1 N–H and O–H groups in total. The molecule has 0 fully saturated rings. The topological polar surface area (TPSA) is 55.4 Å². The van der Waals surface area contributed by atoms with Crippen LogP contribution in [0.5, 0.6) is 0 Å². The number of esters is 1. The molecular weight excluding hydrogens is 310 g/mol. The van der Waals surface area contributed by atoms with E-state index in [1.807, 2.05) is 49.4 Å². The number of carbonyl (C=O) groups is 2. The smallest absolute Gasteiger partial charge is 0.350 e. The molecule has 1 heterocycles. The van der Waals surface area contributed by atoms with Crippen LogP contribution in [0.2, 0.25) is 0 Å². The number of fused-ring (bicyclic) bond motifs is 1. The number of rotatable bonds is 3. The van der Waals surface area contributed by atoms with Crippen LogP contribution in [0.25, 0.3) is 10.1 Å². The number of ether oxygens (including phenoxy) is 1. The molecule has 1 aromatic heterocycles. The van der Waals surface area contributed by atoms with E-state index in [1.54, 1.807) is 6.07 Å². The molecule has 0 saturated heterocycles. The molecule has 3 aromatic rings. The number of benzene rings is 2. The fraction of sp³-hybridized carbons (Fsp3) is 0.111. The highest BCUT2D eigenvalue weighted by molar-refractivity contribution is 7.21. The van der Waals surface area contributed by atoms with Gasteiger partial charge in [0, 0.05) is 15.6 Å². The standard InChI is InChI=1S/C18H15NO3S/c1-11-6-5-7-12(10-11)17(20)19-15-13-8-3-4-9-14(13)23-16(15)18(21)22-2/h3-10H,1-2H3,(H,19,20). The zero-order valence-corrected chi connectivity index (χ0v) is 13.6. The van der Waals surface area contributed by atoms with E-state index in [0.29, 0.717) is 16.1 Å². The van der Waals surface area contributed by atoms with E-state index in [9.17, 15) is 9.59 Å². The van der Waals surface area contributed by atoms with E-state index in [2.05, 4.69) is 5.32 Å². The molecule has 0 unspecified atom stereocenters. The molecule has 0 radical (unpaired) electrons. The van der Waals surface area contributed by atoms with Crippen LogP contribution in [0, 0.1) is 6.92 Å². The average Bonchev–Trinajstić information content (AvgIpc) is 2.93. The lowest BCUT2D eigenvalue weighted by atomic mass is 10.1. The number of hydrogen-bond acceptors (Lipinski definition) is 4. The van der Waals surface area contributed by atoms with Gasteiger partial charge in [-0.25, -0.2) is 4.79 Å². The zero-order valence-electron chi connectivity index (χ0n) is 12.8. The van der Waals surface area contributed by atoms with Gasteiger partial charge in [0.15, 0.2) is 0 Å². The molecule has 1 amide bonds. The van der Waals surface area contributed by atoms with Gasteiger partial charge in [0.2, 0.25) is 0 Å². The Bertz CT molecular complexity index is 898. The van der Waals surface area contributed by atoms with Crippen molar-refractivity contribution in [1.29, 1.82) is 0 Å². The van der Waals surface area contributed by atoms with Crippen LogP contribution in [0.1, 0.15) is 25.6 Å². The van der Waals surface area contributed by atoms with E-state index in [4.69, 9.17) is 4.74 Å². The summed E-state index contributed by atoms with van der Waals surface area (Å²) in [5, 5.41) is 3.70. The first-order valence-electron chi connectivity index (χ1n) is 7.08. The first-order valence-corrected chi connectivity index (χ1v) is 7.89. The Kier molecular flexibility index (Phi) is 4.12. The number of carbonyl (C=O) groups excluding carboxylic acids is 2. The van der Waals surface area contributed by atoms with Crippen LogP contribution in [-0.2, 0) is 4.74 Å². The lowest BCUT2D eigenvalue weighted by Crippen LogP contribution is -2.14. The monoisotopic (exact) mass is 325 g/mol. The number of nitrogens with one attached hydrogen (secondary N) is 1. The number of aryl methyl sites for hydroxylation is 1. The molecule has 23 heavy (non-hydrogen) atoms. The fourth-order valence-corrected chi connectivity index (χ4v) is 3.45. The molecule has 2 aromatic carbocycles. The van der Waals surface area contributed by atoms with Gasteiger partial charge in [0.1, 0.15) is 4.88 Å². The van der Waals surface area contributed by atoms with Crippen LogP contribution in [0.4, 0.5) is 5.69 Å². The van der Waals surface area contributed by atoms with E-state index >= 15 is 0 Å². The van der Waals surface area contributed by atoms with Crippen molar-refractivity contribution in [3.63, 3.8) is 0 Å². The number of thiophene rings is 1. The summed E-state index contributed by atoms with van der Waals surface area (Å²) in [6.07, 6.45) is 0. The van der Waals surface area contributed by atoms with Crippen LogP contribution in [0.3, 0.4) is 0 Å². The fourth-order valence-electron chi connectivity index (χ4n) is 2.38. The normalized spacial score (nSPS) is 10.5. The first kappa shape index (κ1) is 15.2. The summed E-state index contributed by atoms with van der Waals surface area (Å²) in [5.41, 5.74) is 2.06. The number of amides is 1. The van der Waals surface area contributed by atoms with Gasteiger partial charge >= 0.3 is 5.97 Å². The van der Waals surface area contributed by atoms with Gasteiger partial charge < -0.3 is 10.1 Å². The van der Waals surface area contributed by atoms with E-state index in [0.717, 1.165) is 15.6 Å². The van der Waals surface area contributed by atoms with Gasteiger partial charge in [-0.1, -0.05) is 35.9 Å². The van der Waals surface area contributed by atoms with Gasteiger partial charge in [-0.05, 0) is 25.1 Å². The summed E-state index contributed by atoms with van der Waals surface area (Å²) in [4.78, 5) is 24.9. The maximum Gasteiger partial charge on any atom is 0.350 e. The molecule has 3 rings (SSSR count). The van der Waals surface area contributed by atoms with Crippen molar-refractivity contribution in [2.45, 2.75) is 6.92 Å². The van der Waals surface area contributed by atoms with E-state index < -0.39 is 5.97 Å². The van der Waals surface area contributed by atoms with E-state index in [-0.39, 0.29) is 5.91 Å². The number of hydrogen-bond donors (Lipinski definition) is 1. The second-order valence-electron chi connectivity index (χ2n) is 5.12. The molecule has 0 saturated carbocycles. The van der Waals surface area contributed by atoms with Gasteiger partial charge in [-0.15, -0.1) is 11.3 Å². The highest BCUT2D eigenvalue weighted by Crippen LogP contribution is 2.36. The first-order chi connectivity index (χ1) is 11.1. The minimum atomic E-state index is -0.453. The largest absolute Gasteiger partial charge is 0.465 e. The molecule has 0 aliphatic heterocycles. The summed E-state index contributed by atoms with van der Waals surface area (Å²) in [7, 11) is 1.33. The number of methoxy groups -OCH3 is 1. The average molecular weight is 325 g/mol. The lowest BCUT2D eigenvalue weighted by Gasteiger charge is -2.07. The Labute approximate surface area is 137 Å². The van der Waals surface area contributed by atoms with Crippen molar-refractivity contribution in [2.75, 3.05) is 12.4 Å². The van der Waals surface area contributed by atoms with Crippen molar-refractivity contribution in [3.05, 3.63) is 64.5 Å². The summed E-state index contributed by atoms with van der Waals surface area (Å²) in [6, 6.07) is 14.9. The predicted molar refractivity (Wildman–Crippen MR) is 92.3 cm³/mol. The summed E-state index contributed by atoms with van der Waals surface area (Å²) in [5.74, 6) is -0.701. The molecule has 4 nitrogen and oxygen atoms in total. The minimum absolute atomic E-state index is 0.248. The van der Waals surface area contributed by atoms with Gasteiger partial charge in [-0.3, -0.25) is 4.79 Å². The van der Waals surface area contributed by atoms with Crippen molar-refractivity contribution >= 4 is 39.0 Å². The quantitative estimate of drug-likeness (QED) is 0.733. The third-order valence-corrected chi connectivity index (χ3v) is 4.64. The van der Waals surface area contributed by atoms with Crippen molar-refractivity contribution in [3.8, 4) is 0 Å². The van der Waals surface area contributed by atoms with E-state index in [1.165, 1.54) is 18.4 Å². The van der Waals surface area contributed by atoms with Crippen LogP contribution >= 0.6 is 11.3 Å². The predicted octanol–water partition coefficient (Wildman–Crippen LogP) is 4.25. The van der Waals surface area contributed by atoms with Gasteiger partial charge in [0.25, 0.3) is 5.91 Å². The molecule has 0 spiro atoms. The molecule has 5 heteroatoms. The van der Waals surface area contributed by atoms with Crippen molar-refractivity contribution in [2.24, 2.45) is 0 Å². The Morgan fingerprint density at radius 3 is 2.61 bits per heavy atom. The van der Waals surface area contributed by atoms with Crippen LogP contribution in [-0.4, -0.2) is 19.0 Å². The van der Waals surface area contributed by atoms with Gasteiger partial charge in [-0.2, -0.15) is 0 Å². The molecule has 116 valence electrons. The Morgan fingerprint density at radius 1 is 1.09 bits per heavy atom. The zero-order chi connectivity index (χ0) is 16.4. The summed E-state index contributed by atoms with van der Waals surface area (Å²) >= 11 is 1.31. The molecule has 0 bridgehead atoms. The minimum Gasteiger partial charge on any atom is -0.465 e. The molecular formula is C18H15NO3S. The highest BCUT2D eigenvalue weighted by Gasteiger charge is 2.21. The Hall–Kier alpha value is -2.66. The Balaban J connectivity index is 2.04. The second kappa shape index (κ2) is 6.22. The van der Waals surface area contributed by atoms with Crippen molar-refractivity contribution < 1.29 is 14.3 Å². The third kappa shape index (κ3) is 2.96. The SMILES string of the molecule is COC(=O)c1sc2ccccc2c1NC(=O)c1cccc(C)c1. The Morgan fingerprint density at radius 2 is 1.87 bits per heavy atom. The maximum absolute atomic E-state index is 12.5. The van der Waals surface area contributed by atoms with Crippen LogP contribution in [0.15, 0.2) is 48.5 Å². The number of anilines is 1. The van der Waals surface area contributed by atoms with Gasteiger partial charge in [0.05, 0.1) is 12.8 Å². The summed E-state index contributed by atoms with van der Waals surface area (Å²) < 4.78 is 5.76. The molecule has 0 aliphatic rings. The second-order valence-corrected chi connectivity index (χ2v) is 6.17. The third-order valence-electron chi connectivity index (χ3n) is 3.49. The van der Waals surface area contributed by atoms with Crippen LogP contribution < -0.4 is 5.32 Å². The molecule has 0 atom stereocenters. The van der Waals surface area contributed by atoms with Crippen molar-refractivity contribution in [1.82, 2.24) is 0 Å². The highest BCUT2D eigenvalue weighted by atomic mass is 32.1. The lowest BCUT2D eigenvalue weighted by molar-refractivity contribution is 0.0607. The summed E-state index contributed by atoms with van der Waals surface area (Å²) in [6.45, 7) is 1.93. The molecule has 0 aliphatic carbocycles.